The van der Waals surface area contributed by atoms with Crippen LogP contribution in [0.25, 0.3) is 22.3 Å². The number of aromatic nitrogens is 5. The molecule has 33 heavy (non-hydrogen) atoms. The maximum Gasteiger partial charge on any atom is 0.230 e. The highest BCUT2D eigenvalue weighted by molar-refractivity contribution is 5.98. The van der Waals surface area contributed by atoms with Crippen LogP contribution in [0.4, 0.5) is 16.0 Å². The lowest BCUT2D eigenvalue weighted by molar-refractivity contribution is -0.115. The number of amides is 1. The lowest BCUT2D eigenvalue weighted by Gasteiger charge is -2.12. The molecule has 172 valence electrons. The summed E-state index contributed by atoms with van der Waals surface area (Å²) < 4.78 is 21.9. The van der Waals surface area contributed by atoms with Crippen molar-refractivity contribution in [2.75, 3.05) is 11.1 Å². The number of benzene rings is 1. The second kappa shape index (κ2) is 8.27. The zero-order valence-corrected chi connectivity index (χ0v) is 19.2. The number of nitrogen functional groups attached to an aromatic ring is 1. The van der Waals surface area contributed by atoms with Crippen LogP contribution in [0.1, 0.15) is 52.0 Å². The van der Waals surface area contributed by atoms with E-state index >= 15 is 0 Å². The monoisotopic (exact) mass is 451 g/mol. The van der Waals surface area contributed by atoms with E-state index in [1.165, 1.54) is 12.4 Å². The predicted molar refractivity (Wildman–Crippen MR) is 123 cm³/mol. The summed E-state index contributed by atoms with van der Waals surface area (Å²) in [6, 6.07) is 6.31. The number of nitrogens with zero attached hydrogens (tertiary/aromatic N) is 5. The first kappa shape index (κ1) is 22.4. The van der Waals surface area contributed by atoms with Crippen LogP contribution in [-0.2, 0) is 16.6 Å². The molecular weight excluding hydrogens is 425 g/mol. The maximum atomic E-state index is 15.0. The summed E-state index contributed by atoms with van der Waals surface area (Å²) in [5.74, 6) is 0.282. The summed E-state index contributed by atoms with van der Waals surface area (Å²) >= 11 is 0. The molecule has 0 fully saturated rings. The van der Waals surface area contributed by atoms with E-state index in [1.807, 2.05) is 34.6 Å². The van der Waals surface area contributed by atoms with Crippen molar-refractivity contribution in [1.29, 1.82) is 0 Å². The van der Waals surface area contributed by atoms with Crippen LogP contribution in [0.15, 0.2) is 35.1 Å². The summed E-state index contributed by atoms with van der Waals surface area (Å²) in [5, 5.41) is 11.7. The molecule has 1 amide bonds. The molecule has 3 N–H and O–H groups in total. The van der Waals surface area contributed by atoms with E-state index < -0.39 is 11.7 Å². The van der Waals surface area contributed by atoms with Crippen molar-refractivity contribution < 1.29 is 13.7 Å². The third-order valence-electron chi connectivity index (χ3n) is 5.20. The van der Waals surface area contributed by atoms with Gasteiger partial charge in [0, 0.05) is 23.1 Å². The molecule has 10 heteroatoms. The Morgan fingerprint density at radius 1 is 1.24 bits per heavy atom. The summed E-state index contributed by atoms with van der Waals surface area (Å²) in [6.45, 7) is 9.86. The predicted octanol–water partition coefficient (Wildman–Crippen LogP) is 4.26. The van der Waals surface area contributed by atoms with E-state index in [0.29, 0.717) is 33.9 Å². The minimum absolute atomic E-state index is 0.0266. The fourth-order valence-electron chi connectivity index (χ4n) is 3.44. The second-order valence-electron chi connectivity index (χ2n) is 9.20. The van der Waals surface area contributed by atoms with Crippen LogP contribution >= 0.6 is 0 Å². The number of anilines is 2. The molecule has 0 aliphatic heterocycles. The van der Waals surface area contributed by atoms with Gasteiger partial charge in [-0.1, -0.05) is 38.1 Å². The Kier molecular flexibility index (Phi) is 5.61. The third kappa shape index (κ3) is 4.41. The first-order chi connectivity index (χ1) is 15.5. The minimum Gasteiger partial charge on any atom is -0.383 e. The largest absolute Gasteiger partial charge is 0.383 e. The van der Waals surface area contributed by atoms with Gasteiger partial charge < -0.3 is 15.6 Å². The van der Waals surface area contributed by atoms with E-state index in [1.54, 1.807) is 22.9 Å². The smallest absolute Gasteiger partial charge is 0.230 e. The number of nitrogens with one attached hydrogen (secondary N) is 1. The number of fused-ring (bicyclic) bond motifs is 1. The number of carbonyl (C=O) groups is 1. The van der Waals surface area contributed by atoms with Crippen molar-refractivity contribution in [2.24, 2.45) is 0 Å². The fraction of sp³-hybridized carbons (Fsp3) is 0.348. The van der Waals surface area contributed by atoms with Crippen LogP contribution in [0.5, 0.6) is 0 Å². The molecule has 4 rings (SSSR count). The summed E-state index contributed by atoms with van der Waals surface area (Å²) in [5.41, 5.74) is 7.68. The zero-order chi connectivity index (χ0) is 23.9. The van der Waals surface area contributed by atoms with Crippen LogP contribution in [0.2, 0.25) is 0 Å². The first-order valence-corrected chi connectivity index (χ1v) is 10.6. The van der Waals surface area contributed by atoms with Crippen molar-refractivity contribution >= 4 is 28.6 Å². The van der Waals surface area contributed by atoms with Crippen LogP contribution in [0, 0.1) is 5.82 Å². The topological polar surface area (TPSA) is 125 Å². The molecular formula is C23H26FN7O2. The van der Waals surface area contributed by atoms with Crippen molar-refractivity contribution in [2.45, 2.75) is 52.5 Å². The molecule has 0 aliphatic carbocycles. The Balaban J connectivity index is 1.58. The molecule has 4 aromatic rings. The second-order valence-corrected chi connectivity index (χ2v) is 9.20. The standard InChI is InChI=1S/C23H26FN7O2/c1-12(2)31-22-19(21(25)26-11-27-22)20(29-31)14-7-6-13(15(24)8-14)9-18(32)28-17-10-16(33-30-17)23(3,4)5/h6-8,10-12H,9H2,1-5H3,(H2,25,26,27)(H,28,30,32). The molecule has 3 aromatic heterocycles. The Morgan fingerprint density at radius 2 is 2.00 bits per heavy atom. The Labute approximate surface area is 190 Å². The highest BCUT2D eigenvalue weighted by Gasteiger charge is 2.22. The SMILES string of the molecule is CC(C)n1nc(-c2ccc(CC(=O)Nc3cc(C(C)(C)C)on3)c(F)c2)c2c(N)ncnc21. The van der Waals surface area contributed by atoms with Gasteiger partial charge in [-0.25, -0.2) is 19.0 Å². The normalized spacial score (nSPS) is 12.0. The number of nitrogens with two attached hydrogens (primary N) is 1. The molecule has 0 bridgehead atoms. The molecule has 0 unspecified atom stereocenters. The first-order valence-electron chi connectivity index (χ1n) is 10.6. The van der Waals surface area contributed by atoms with Gasteiger partial charge in [0.1, 0.15) is 29.4 Å². The van der Waals surface area contributed by atoms with Crippen molar-refractivity contribution in [3.8, 4) is 11.3 Å². The van der Waals surface area contributed by atoms with Crippen LogP contribution in [0.3, 0.4) is 0 Å². The average Bonchev–Trinajstić information content (AvgIpc) is 3.35. The molecule has 0 atom stereocenters. The number of hydrogen-bond acceptors (Lipinski definition) is 7. The van der Waals surface area contributed by atoms with Gasteiger partial charge >= 0.3 is 0 Å². The third-order valence-corrected chi connectivity index (χ3v) is 5.20. The summed E-state index contributed by atoms with van der Waals surface area (Å²) in [6.07, 6.45) is 1.22. The van der Waals surface area contributed by atoms with Gasteiger partial charge in [-0.2, -0.15) is 5.10 Å². The van der Waals surface area contributed by atoms with Gasteiger partial charge in [0.15, 0.2) is 11.5 Å². The zero-order valence-electron chi connectivity index (χ0n) is 19.2. The Hall–Kier alpha value is -3.82. The molecule has 0 saturated heterocycles. The molecule has 0 aliphatic rings. The van der Waals surface area contributed by atoms with E-state index in [-0.39, 0.29) is 29.3 Å². The van der Waals surface area contributed by atoms with Gasteiger partial charge in [0.05, 0.1) is 11.8 Å². The number of carbonyl (C=O) groups excluding carboxylic acids is 1. The molecule has 9 nitrogen and oxygen atoms in total. The maximum absolute atomic E-state index is 15.0. The van der Waals surface area contributed by atoms with Gasteiger partial charge in [-0.15, -0.1) is 0 Å². The van der Waals surface area contributed by atoms with Gasteiger partial charge in [0.25, 0.3) is 0 Å². The van der Waals surface area contributed by atoms with E-state index in [9.17, 15) is 9.18 Å². The van der Waals surface area contributed by atoms with E-state index in [4.69, 9.17) is 10.3 Å². The Bertz CT molecular complexity index is 1330. The number of rotatable bonds is 5. The van der Waals surface area contributed by atoms with Gasteiger partial charge in [-0.05, 0) is 25.5 Å². The highest BCUT2D eigenvalue weighted by atomic mass is 19.1. The van der Waals surface area contributed by atoms with Crippen LogP contribution < -0.4 is 11.1 Å². The lowest BCUT2D eigenvalue weighted by atomic mass is 9.93. The average molecular weight is 452 g/mol. The van der Waals surface area contributed by atoms with Crippen LogP contribution in [-0.4, -0.2) is 30.8 Å². The highest BCUT2D eigenvalue weighted by Crippen LogP contribution is 2.32. The number of hydrogen-bond donors (Lipinski definition) is 2. The molecule has 0 radical (unpaired) electrons. The Morgan fingerprint density at radius 3 is 2.64 bits per heavy atom. The minimum atomic E-state index is -0.527. The molecule has 0 spiro atoms. The molecule has 1 aromatic carbocycles. The summed E-state index contributed by atoms with van der Waals surface area (Å²) in [7, 11) is 0. The number of halogens is 1. The van der Waals surface area contributed by atoms with Crippen molar-refractivity contribution in [1.82, 2.24) is 24.9 Å². The van der Waals surface area contributed by atoms with Crippen molar-refractivity contribution in [3.05, 3.63) is 47.7 Å². The summed E-state index contributed by atoms with van der Waals surface area (Å²) in [4.78, 5) is 20.8. The molecule has 0 saturated carbocycles. The quantitative estimate of drug-likeness (QED) is 0.464. The fourth-order valence-corrected chi connectivity index (χ4v) is 3.44. The molecule has 3 heterocycles. The van der Waals surface area contributed by atoms with Crippen molar-refractivity contribution in [3.63, 3.8) is 0 Å². The van der Waals surface area contributed by atoms with E-state index in [0.717, 1.165) is 0 Å². The van der Waals surface area contributed by atoms with E-state index in [2.05, 4.69) is 25.5 Å². The lowest BCUT2D eigenvalue weighted by Crippen LogP contribution is -2.15. The van der Waals surface area contributed by atoms with Gasteiger partial charge in [-0.3, -0.25) is 4.79 Å². The van der Waals surface area contributed by atoms with Gasteiger partial charge in [0.2, 0.25) is 5.91 Å².